The summed E-state index contributed by atoms with van der Waals surface area (Å²) in [4.78, 5) is 22.8. The normalized spacial score (nSPS) is 11.8. The molecule has 110 valence electrons. The summed E-state index contributed by atoms with van der Waals surface area (Å²) >= 11 is 11.8. The van der Waals surface area contributed by atoms with Gasteiger partial charge in [-0.25, -0.2) is 0 Å². The molecule has 0 bridgehead atoms. The fourth-order valence-corrected chi connectivity index (χ4v) is 2.11. The maximum absolute atomic E-state index is 11.8. The second-order valence-electron chi connectivity index (χ2n) is 4.33. The smallest absolute Gasteiger partial charge is 0.260 e. The Kier molecular flexibility index (Phi) is 6.82. The lowest BCUT2D eigenvalue weighted by Gasteiger charge is -2.17. The fraction of sp³-hybridized carbons (Fsp3) is 0.429. The standard InChI is InChI=1S/C14H17Cl2NO3/c1-3-4-5-17-14(19)9(2)20-13-10(8-18)6-11(15)7-12(13)16/h6-9H,3-5H2,1-2H3,(H,17,19). The minimum atomic E-state index is -0.746. The Balaban J connectivity index is 2.77. The highest BCUT2D eigenvalue weighted by molar-refractivity contribution is 6.36. The zero-order valence-electron chi connectivity index (χ0n) is 11.4. The maximum Gasteiger partial charge on any atom is 0.260 e. The quantitative estimate of drug-likeness (QED) is 0.618. The first-order chi connectivity index (χ1) is 9.49. The van der Waals surface area contributed by atoms with Gasteiger partial charge in [0.1, 0.15) is 5.75 Å². The summed E-state index contributed by atoms with van der Waals surface area (Å²) in [5, 5.41) is 3.29. The number of hydrogen-bond acceptors (Lipinski definition) is 3. The largest absolute Gasteiger partial charge is 0.479 e. The number of rotatable bonds is 7. The van der Waals surface area contributed by atoms with E-state index in [1.54, 1.807) is 6.92 Å². The van der Waals surface area contributed by atoms with Crippen molar-refractivity contribution in [3.05, 3.63) is 27.7 Å². The van der Waals surface area contributed by atoms with Gasteiger partial charge < -0.3 is 10.1 Å². The highest BCUT2D eigenvalue weighted by atomic mass is 35.5. The van der Waals surface area contributed by atoms with Gasteiger partial charge in [-0.15, -0.1) is 0 Å². The summed E-state index contributed by atoms with van der Waals surface area (Å²) in [6.07, 6.45) is 1.74. The summed E-state index contributed by atoms with van der Waals surface area (Å²) in [5.74, 6) is -0.0782. The molecule has 0 heterocycles. The Labute approximate surface area is 128 Å². The molecule has 0 fully saturated rings. The summed E-state index contributed by atoms with van der Waals surface area (Å²) in [7, 11) is 0. The topological polar surface area (TPSA) is 55.4 Å². The molecule has 0 spiro atoms. The number of ether oxygens (including phenoxy) is 1. The SMILES string of the molecule is CCCCNC(=O)C(C)Oc1c(Cl)cc(Cl)cc1C=O. The molecule has 0 saturated carbocycles. The fourth-order valence-electron chi connectivity index (χ4n) is 1.55. The van der Waals surface area contributed by atoms with E-state index in [9.17, 15) is 9.59 Å². The minimum Gasteiger partial charge on any atom is -0.479 e. The molecule has 1 aromatic carbocycles. The van der Waals surface area contributed by atoms with Gasteiger partial charge in [0, 0.05) is 11.6 Å². The zero-order valence-corrected chi connectivity index (χ0v) is 12.9. The molecule has 0 aliphatic heterocycles. The van der Waals surface area contributed by atoms with Gasteiger partial charge in [0.15, 0.2) is 12.4 Å². The molecule has 1 N–H and O–H groups in total. The Morgan fingerprint density at radius 2 is 2.15 bits per heavy atom. The number of benzene rings is 1. The second-order valence-corrected chi connectivity index (χ2v) is 5.17. The van der Waals surface area contributed by atoms with Crippen LogP contribution in [0.15, 0.2) is 12.1 Å². The first kappa shape index (κ1) is 16.8. The number of carbonyl (C=O) groups excluding carboxylic acids is 2. The molecule has 1 aromatic rings. The van der Waals surface area contributed by atoms with Crippen LogP contribution in [0.25, 0.3) is 0 Å². The maximum atomic E-state index is 11.8. The third kappa shape index (κ3) is 4.69. The average molecular weight is 318 g/mol. The molecule has 0 aliphatic rings. The molecule has 20 heavy (non-hydrogen) atoms. The highest BCUT2D eigenvalue weighted by Gasteiger charge is 2.18. The number of nitrogens with one attached hydrogen (secondary N) is 1. The van der Waals surface area contributed by atoms with E-state index in [4.69, 9.17) is 27.9 Å². The van der Waals surface area contributed by atoms with Crippen molar-refractivity contribution in [2.45, 2.75) is 32.8 Å². The average Bonchev–Trinajstić information content (AvgIpc) is 2.41. The van der Waals surface area contributed by atoms with Crippen LogP contribution >= 0.6 is 23.2 Å². The molecular formula is C14H17Cl2NO3. The van der Waals surface area contributed by atoms with Gasteiger partial charge in [0.05, 0.1) is 10.6 Å². The third-order valence-electron chi connectivity index (χ3n) is 2.66. The van der Waals surface area contributed by atoms with Crippen LogP contribution in [0.3, 0.4) is 0 Å². The molecule has 0 saturated heterocycles. The molecule has 4 nitrogen and oxygen atoms in total. The van der Waals surface area contributed by atoms with Gasteiger partial charge in [-0.2, -0.15) is 0 Å². The minimum absolute atomic E-state index is 0.171. The van der Waals surface area contributed by atoms with Crippen molar-refractivity contribution in [1.29, 1.82) is 0 Å². The van der Waals surface area contributed by atoms with Crippen molar-refractivity contribution >= 4 is 35.4 Å². The van der Waals surface area contributed by atoms with Crippen LogP contribution < -0.4 is 10.1 Å². The summed E-state index contributed by atoms with van der Waals surface area (Å²) < 4.78 is 5.48. The van der Waals surface area contributed by atoms with Crippen LogP contribution in [-0.2, 0) is 4.79 Å². The summed E-state index contributed by atoms with van der Waals surface area (Å²) in [5.41, 5.74) is 0.218. The van der Waals surface area contributed by atoms with E-state index in [1.165, 1.54) is 12.1 Å². The predicted octanol–water partition coefficient (Wildman–Crippen LogP) is 3.49. The monoisotopic (exact) mass is 317 g/mol. The van der Waals surface area contributed by atoms with Crippen molar-refractivity contribution in [1.82, 2.24) is 5.32 Å². The highest BCUT2D eigenvalue weighted by Crippen LogP contribution is 2.32. The summed E-state index contributed by atoms with van der Waals surface area (Å²) in [6, 6.07) is 2.91. The van der Waals surface area contributed by atoms with E-state index >= 15 is 0 Å². The number of halogens is 2. The molecular weight excluding hydrogens is 301 g/mol. The molecule has 1 unspecified atom stereocenters. The molecule has 1 rings (SSSR count). The van der Waals surface area contributed by atoms with E-state index in [1.807, 2.05) is 6.92 Å². The second kappa shape index (κ2) is 8.12. The lowest BCUT2D eigenvalue weighted by molar-refractivity contribution is -0.127. The number of aldehydes is 1. The molecule has 1 atom stereocenters. The molecule has 6 heteroatoms. The van der Waals surface area contributed by atoms with Crippen LogP contribution in [0.1, 0.15) is 37.0 Å². The number of hydrogen-bond donors (Lipinski definition) is 1. The number of unbranched alkanes of at least 4 members (excludes halogenated alkanes) is 1. The van der Waals surface area contributed by atoms with Crippen molar-refractivity contribution in [3.63, 3.8) is 0 Å². The van der Waals surface area contributed by atoms with Crippen LogP contribution in [-0.4, -0.2) is 24.8 Å². The zero-order chi connectivity index (χ0) is 15.1. The predicted molar refractivity (Wildman–Crippen MR) is 79.9 cm³/mol. The van der Waals surface area contributed by atoms with Crippen LogP contribution in [0, 0.1) is 0 Å². The van der Waals surface area contributed by atoms with Crippen molar-refractivity contribution < 1.29 is 14.3 Å². The van der Waals surface area contributed by atoms with Crippen LogP contribution in [0.5, 0.6) is 5.75 Å². The number of carbonyl (C=O) groups is 2. The van der Waals surface area contributed by atoms with Crippen LogP contribution in [0.4, 0.5) is 0 Å². The van der Waals surface area contributed by atoms with E-state index in [-0.39, 0.29) is 22.2 Å². The molecule has 0 aliphatic carbocycles. The van der Waals surface area contributed by atoms with E-state index in [0.717, 1.165) is 12.8 Å². The summed E-state index contributed by atoms with van der Waals surface area (Å²) in [6.45, 7) is 4.23. The number of amides is 1. The van der Waals surface area contributed by atoms with E-state index in [2.05, 4.69) is 5.32 Å². The van der Waals surface area contributed by atoms with E-state index in [0.29, 0.717) is 17.9 Å². The first-order valence-corrected chi connectivity index (χ1v) is 7.13. The lowest BCUT2D eigenvalue weighted by atomic mass is 10.2. The van der Waals surface area contributed by atoms with Gasteiger partial charge in [-0.1, -0.05) is 36.5 Å². The lowest BCUT2D eigenvalue weighted by Crippen LogP contribution is -2.37. The Morgan fingerprint density at radius 1 is 1.45 bits per heavy atom. The van der Waals surface area contributed by atoms with Gasteiger partial charge >= 0.3 is 0 Å². The Hall–Kier alpha value is -1.26. The first-order valence-electron chi connectivity index (χ1n) is 6.38. The van der Waals surface area contributed by atoms with Gasteiger partial charge in [0.25, 0.3) is 5.91 Å². The molecule has 0 aromatic heterocycles. The third-order valence-corrected chi connectivity index (χ3v) is 3.16. The Bertz CT molecular complexity index is 492. The van der Waals surface area contributed by atoms with Crippen molar-refractivity contribution in [2.75, 3.05) is 6.54 Å². The van der Waals surface area contributed by atoms with Gasteiger partial charge in [0.2, 0.25) is 0 Å². The van der Waals surface area contributed by atoms with E-state index < -0.39 is 6.10 Å². The van der Waals surface area contributed by atoms with Crippen molar-refractivity contribution in [2.24, 2.45) is 0 Å². The molecule has 1 amide bonds. The van der Waals surface area contributed by atoms with Crippen LogP contribution in [0.2, 0.25) is 10.0 Å². The Morgan fingerprint density at radius 3 is 2.75 bits per heavy atom. The van der Waals surface area contributed by atoms with Crippen molar-refractivity contribution in [3.8, 4) is 5.75 Å². The molecule has 0 radical (unpaired) electrons. The van der Waals surface area contributed by atoms with Gasteiger partial charge in [-0.05, 0) is 25.5 Å². The van der Waals surface area contributed by atoms with Gasteiger partial charge in [-0.3, -0.25) is 9.59 Å².